The van der Waals surface area contributed by atoms with E-state index in [-0.39, 0.29) is 5.91 Å². The summed E-state index contributed by atoms with van der Waals surface area (Å²) in [6, 6.07) is 16.1. The van der Waals surface area contributed by atoms with Crippen molar-refractivity contribution in [1.29, 1.82) is 0 Å². The molecule has 2 heterocycles. The molecule has 0 N–H and O–H groups in total. The molecule has 0 aliphatic rings. The number of rotatable bonds is 6. The summed E-state index contributed by atoms with van der Waals surface area (Å²) in [6.07, 6.45) is 3.54. The maximum absolute atomic E-state index is 13.4. The number of methoxy groups -OCH3 is 1. The van der Waals surface area contributed by atoms with Crippen LogP contribution in [0.1, 0.15) is 10.4 Å². The smallest absolute Gasteiger partial charge is 0.259 e. The highest BCUT2D eigenvalue weighted by Crippen LogP contribution is 2.32. The number of fused-ring (bicyclic) bond motifs is 1. The molecule has 6 nitrogen and oxygen atoms in total. The molecule has 0 saturated carbocycles. The van der Waals surface area contributed by atoms with Crippen LogP contribution in [0.4, 0.5) is 5.69 Å². The molecule has 4 aromatic rings. The molecule has 0 spiro atoms. The Hall–Kier alpha value is -2.93. The number of benzene rings is 2. The lowest BCUT2D eigenvalue weighted by atomic mass is 10.1. The molecule has 0 aliphatic heterocycles. The molecule has 0 aliphatic carbocycles. The van der Waals surface area contributed by atoms with E-state index in [2.05, 4.69) is 10.1 Å². The van der Waals surface area contributed by atoms with Crippen LogP contribution in [-0.2, 0) is 4.74 Å². The average molecular weight is 441 g/mol. The van der Waals surface area contributed by atoms with Crippen LogP contribution in [0.25, 0.3) is 16.9 Å². The van der Waals surface area contributed by atoms with Crippen molar-refractivity contribution in [3.05, 3.63) is 82.6 Å². The summed E-state index contributed by atoms with van der Waals surface area (Å²) in [7, 11) is 1.59. The van der Waals surface area contributed by atoms with Crippen LogP contribution in [-0.4, -0.2) is 40.8 Å². The molecular weight excluding hydrogens is 423 g/mol. The predicted octanol–water partition coefficient (Wildman–Crippen LogP) is 5.00. The van der Waals surface area contributed by atoms with Gasteiger partial charge in [-0.2, -0.15) is 5.10 Å². The molecule has 1 amide bonds. The van der Waals surface area contributed by atoms with Crippen LogP contribution in [0.3, 0.4) is 0 Å². The minimum atomic E-state index is -0.247. The Morgan fingerprint density at radius 2 is 1.97 bits per heavy atom. The lowest BCUT2D eigenvalue weighted by molar-refractivity contribution is 0.0976. The fourth-order valence-corrected chi connectivity index (χ4v) is 3.70. The van der Waals surface area contributed by atoms with Gasteiger partial charge in [-0.05, 0) is 30.3 Å². The second kappa shape index (κ2) is 8.83. The molecule has 0 bridgehead atoms. The number of halogens is 2. The fourth-order valence-electron chi connectivity index (χ4n) is 3.21. The van der Waals surface area contributed by atoms with Crippen molar-refractivity contribution in [2.45, 2.75) is 0 Å². The van der Waals surface area contributed by atoms with Crippen LogP contribution in [0.5, 0.6) is 0 Å². The second-order valence-electron chi connectivity index (χ2n) is 6.54. The predicted molar refractivity (Wildman–Crippen MR) is 118 cm³/mol. The van der Waals surface area contributed by atoms with Gasteiger partial charge < -0.3 is 9.64 Å². The molecule has 0 fully saturated rings. The van der Waals surface area contributed by atoms with Gasteiger partial charge in [0.05, 0.1) is 28.6 Å². The molecular formula is C22H18Cl2N4O2. The molecule has 2 aromatic carbocycles. The van der Waals surface area contributed by atoms with E-state index in [1.165, 1.54) is 0 Å². The molecule has 0 unspecified atom stereocenters. The first-order valence-corrected chi connectivity index (χ1v) is 10.00. The highest BCUT2D eigenvalue weighted by Gasteiger charge is 2.23. The van der Waals surface area contributed by atoms with Crippen molar-refractivity contribution in [1.82, 2.24) is 14.6 Å². The number of ether oxygens (including phenoxy) is 1. The maximum atomic E-state index is 13.4. The Bertz CT molecular complexity index is 1180. The van der Waals surface area contributed by atoms with Gasteiger partial charge in [0.15, 0.2) is 5.65 Å². The molecule has 152 valence electrons. The third-order valence-electron chi connectivity index (χ3n) is 4.63. The number of para-hydroxylation sites is 1. The quantitative estimate of drug-likeness (QED) is 0.423. The van der Waals surface area contributed by atoms with E-state index in [4.69, 9.17) is 27.9 Å². The van der Waals surface area contributed by atoms with Crippen LogP contribution >= 0.6 is 23.2 Å². The number of carbonyl (C=O) groups is 1. The lowest BCUT2D eigenvalue weighted by Gasteiger charge is -2.25. The van der Waals surface area contributed by atoms with Gasteiger partial charge in [0.1, 0.15) is 0 Å². The van der Waals surface area contributed by atoms with Crippen molar-refractivity contribution < 1.29 is 9.53 Å². The second-order valence-corrected chi connectivity index (χ2v) is 7.39. The van der Waals surface area contributed by atoms with Crippen molar-refractivity contribution in [2.75, 3.05) is 25.2 Å². The molecule has 0 atom stereocenters. The average Bonchev–Trinajstić information content (AvgIpc) is 3.18. The molecule has 0 radical (unpaired) electrons. The summed E-state index contributed by atoms with van der Waals surface area (Å²) in [6.45, 7) is 0.703. The first kappa shape index (κ1) is 20.3. The zero-order valence-corrected chi connectivity index (χ0v) is 17.6. The Kier molecular flexibility index (Phi) is 5.99. The lowest BCUT2D eigenvalue weighted by Crippen LogP contribution is -2.34. The largest absolute Gasteiger partial charge is 0.383 e. The minimum absolute atomic E-state index is 0.247. The van der Waals surface area contributed by atoms with E-state index in [9.17, 15) is 4.79 Å². The van der Waals surface area contributed by atoms with Gasteiger partial charge in [-0.3, -0.25) is 4.79 Å². The number of hydrogen-bond donors (Lipinski definition) is 0. The monoisotopic (exact) mass is 440 g/mol. The van der Waals surface area contributed by atoms with Crippen LogP contribution in [0.15, 0.2) is 67.0 Å². The van der Waals surface area contributed by atoms with Crippen molar-refractivity contribution in [3.8, 4) is 11.3 Å². The van der Waals surface area contributed by atoms with E-state index in [1.54, 1.807) is 40.9 Å². The van der Waals surface area contributed by atoms with E-state index >= 15 is 0 Å². The third-order valence-corrected chi connectivity index (χ3v) is 5.18. The molecule has 0 saturated heterocycles. The summed E-state index contributed by atoms with van der Waals surface area (Å²) in [5, 5.41) is 5.37. The first-order chi connectivity index (χ1) is 14.6. The summed E-state index contributed by atoms with van der Waals surface area (Å²) in [5.74, 6) is -0.247. The Morgan fingerprint density at radius 1 is 1.13 bits per heavy atom. The summed E-state index contributed by atoms with van der Waals surface area (Å²) < 4.78 is 6.94. The minimum Gasteiger partial charge on any atom is -0.383 e. The van der Waals surface area contributed by atoms with Gasteiger partial charge in [-0.25, -0.2) is 9.50 Å². The normalized spacial score (nSPS) is 11.0. The van der Waals surface area contributed by atoms with Crippen molar-refractivity contribution >= 4 is 40.4 Å². The molecule has 8 heteroatoms. The molecule has 2 aromatic heterocycles. The number of nitrogens with zero attached hydrogens (tertiary/aromatic N) is 4. The van der Waals surface area contributed by atoms with Gasteiger partial charge in [0.25, 0.3) is 5.91 Å². The molecule has 4 rings (SSSR count). The van der Waals surface area contributed by atoms with Crippen molar-refractivity contribution in [3.63, 3.8) is 0 Å². The number of anilines is 1. The van der Waals surface area contributed by atoms with Gasteiger partial charge in [0, 0.05) is 42.7 Å². The van der Waals surface area contributed by atoms with Gasteiger partial charge in [0.2, 0.25) is 0 Å². The zero-order valence-electron chi connectivity index (χ0n) is 16.1. The summed E-state index contributed by atoms with van der Waals surface area (Å²) >= 11 is 12.3. The first-order valence-electron chi connectivity index (χ1n) is 9.24. The third kappa shape index (κ3) is 4.03. The number of carbonyl (C=O) groups excluding carboxylic acids is 1. The van der Waals surface area contributed by atoms with E-state index in [0.717, 1.165) is 11.2 Å². The van der Waals surface area contributed by atoms with Gasteiger partial charge in [-0.1, -0.05) is 41.4 Å². The Balaban J connectivity index is 1.81. The van der Waals surface area contributed by atoms with E-state index in [0.29, 0.717) is 40.1 Å². The van der Waals surface area contributed by atoms with Gasteiger partial charge >= 0.3 is 0 Å². The standard InChI is InChI=1S/C22H18Cl2N4O2/c1-30-12-11-27(22(29)16-8-7-15(23)13-18(16)24)20-6-3-2-5-17(20)19-14-21-25-9-4-10-28(21)26-19/h2-10,13-14H,11-12H2,1H3. The SMILES string of the molecule is COCCN(C(=O)c1ccc(Cl)cc1Cl)c1ccccc1-c1cc2ncccn2n1. The summed E-state index contributed by atoms with van der Waals surface area (Å²) in [5.41, 5.74) is 3.30. The number of aromatic nitrogens is 3. The fraction of sp³-hybridized carbons (Fsp3) is 0.136. The number of amides is 1. The summed E-state index contributed by atoms with van der Waals surface area (Å²) in [4.78, 5) is 19.4. The zero-order chi connectivity index (χ0) is 21.1. The van der Waals surface area contributed by atoms with Gasteiger partial charge in [-0.15, -0.1) is 0 Å². The topological polar surface area (TPSA) is 59.7 Å². The maximum Gasteiger partial charge on any atom is 0.259 e. The van der Waals surface area contributed by atoms with E-state index in [1.807, 2.05) is 42.6 Å². The van der Waals surface area contributed by atoms with Crippen LogP contribution in [0.2, 0.25) is 10.0 Å². The Morgan fingerprint density at radius 3 is 2.73 bits per heavy atom. The highest BCUT2D eigenvalue weighted by atomic mass is 35.5. The van der Waals surface area contributed by atoms with Crippen molar-refractivity contribution in [2.24, 2.45) is 0 Å². The number of hydrogen-bond acceptors (Lipinski definition) is 4. The highest BCUT2D eigenvalue weighted by molar-refractivity contribution is 6.37. The molecule has 30 heavy (non-hydrogen) atoms. The van der Waals surface area contributed by atoms with E-state index < -0.39 is 0 Å². The Labute approximate surface area is 183 Å². The van der Waals surface area contributed by atoms with Crippen LogP contribution in [0, 0.1) is 0 Å². The van der Waals surface area contributed by atoms with Crippen LogP contribution < -0.4 is 4.90 Å².